The SMILES string of the molecule is O=C1C(NCc2cncn2CC2CCCCCC2)CCN1CCC1CCCCCCC1. The lowest BCUT2D eigenvalue weighted by Gasteiger charge is -2.23. The van der Waals surface area contributed by atoms with E-state index in [0.29, 0.717) is 5.91 Å². The average molecular weight is 429 g/mol. The van der Waals surface area contributed by atoms with Gasteiger partial charge in [-0.15, -0.1) is 0 Å². The van der Waals surface area contributed by atoms with Gasteiger partial charge in [-0.3, -0.25) is 4.79 Å². The maximum Gasteiger partial charge on any atom is 0.239 e. The number of carbonyl (C=O) groups is 1. The van der Waals surface area contributed by atoms with Gasteiger partial charge < -0.3 is 14.8 Å². The summed E-state index contributed by atoms with van der Waals surface area (Å²) >= 11 is 0. The van der Waals surface area contributed by atoms with Gasteiger partial charge in [0, 0.05) is 32.4 Å². The Morgan fingerprint density at radius 1 is 0.871 bits per heavy atom. The number of hydrogen-bond donors (Lipinski definition) is 1. The first kappa shape index (κ1) is 22.8. The molecule has 5 nitrogen and oxygen atoms in total. The van der Waals surface area contributed by atoms with Crippen molar-refractivity contribution in [2.75, 3.05) is 13.1 Å². The van der Waals surface area contributed by atoms with E-state index < -0.39 is 0 Å². The van der Waals surface area contributed by atoms with Gasteiger partial charge >= 0.3 is 0 Å². The molecule has 1 unspecified atom stereocenters. The van der Waals surface area contributed by atoms with Gasteiger partial charge in [-0.1, -0.05) is 70.6 Å². The molecule has 1 N–H and O–H groups in total. The predicted molar refractivity (Wildman–Crippen MR) is 126 cm³/mol. The van der Waals surface area contributed by atoms with E-state index in [9.17, 15) is 4.79 Å². The van der Waals surface area contributed by atoms with Crippen molar-refractivity contribution in [1.29, 1.82) is 0 Å². The summed E-state index contributed by atoms with van der Waals surface area (Å²) < 4.78 is 2.33. The molecule has 3 aliphatic rings. The van der Waals surface area contributed by atoms with Crippen molar-refractivity contribution < 1.29 is 4.79 Å². The Balaban J connectivity index is 1.21. The second-order valence-electron chi connectivity index (χ2n) is 10.4. The predicted octanol–water partition coefficient (Wildman–Crippen LogP) is 5.29. The van der Waals surface area contributed by atoms with Crippen LogP contribution in [-0.4, -0.2) is 39.5 Å². The largest absolute Gasteiger partial charge is 0.341 e. The highest BCUT2D eigenvalue weighted by molar-refractivity contribution is 5.83. The van der Waals surface area contributed by atoms with Crippen molar-refractivity contribution in [3.05, 3.63) is 18.2 Å². The summed E-state index contributed by atoms with van der Waals surface area (Å²) in [6, 6.07) is -0.0152. The third-order valence-corrected chi connectivity index (χ3v) is 8.09. The van der Waals surface area contributed by atoms with E-state index in [-0.39, 0.29) is 6.04 Å². The molecule has 174 valence electrons. The summed E-state index contributed by atoms with van der Waals surface area (Å²) in [7, 11) is 0. The molecule has 0 radical (unpaired) electrons. The lowest BCUT2D eigenvalue weighted by molar-refractivity contribution is -0.129. The molecule has 1 aliphatic heterocycles. The van der Waals surface area contributed by atoms with Crippen molar-refractivity contribution >= 4 is 5.91 Å². The van der Waals surface area contributed by atoms with E-state index in [1.165, 1.54) is 95.6 Å². The summed E-state index contributed by atoms with van der Waals surface area (Å²) in [4.78, 5) is 19.5. The molecule has 0 bridgehead atoms. The number of hydrogen-bond acceptors (Lipinski definition) is 3. The molecule has 31 heavy (non-hydrogen) atoms. The van der Waals surface area contributed by atoms with Crippen LogP contribution in [0.2, 0.25) is 0 Å². The van der Waals surface area contributed by atoms with Gasteiger partial charge in [0.05, 0.1) is 18.1 Å². The van der Waals surface area contributed by atoms with Gasteiger partial charge in [0.25, 0.3) is 0 Å². The highest BCUT2D eigenvalue weighted by Crippen LogP contribution is 2.26. The maximum atomic E-state index is 12.9. The molecule has 5 heteroatoms. The van der Waals surface area contributed by atoms with Gasteiger partial charge in [-0.25, -0.2) is 4.98 Å². The third kappa shape index (κ3) is 6.81. The first-order valence-electron chi connectivity index (χ1n) is 13.3. The monoisotopic (exact) mass is 428 g/mol. The van der Waals surface area contributed by atoms with Crippen LogP contribution in [-0.2, 0) is 17.9 Å². The molecule has 1 amide bonds. The molecule has 2 saturated carbocycles. The van der Waals surface area contributed by atoms with E-state index >= 15 is 0 Å². The number of nitrogens with zero attached hydrogens (tertiary/aromatic N) is 3. The fourth-order valence-electron chi connectivity index (χ4n) is 6.03. The Bertz CT molecular complexity index is 656. The van der Waals surface area contributed by atoms with Gasteiger partial charge in [0.1, 0.15) is 0 Å². The zero-order valence-electron chi connectivity index (χ0n) is 19.6. The number of aromatic nitrogens is 2. The highest BCUT2D eigenvalue weighted by Gasteiger charge is 2.31. The van der Waals surface area contributed by atoms with E-state index in [1.54, 1.807) is 0 Å². The van der Waals surface area contributed by atoms with Crippen LogP contribution in [0.3, 0.4) is 0 Å². The number of likely N-dealkylation sites (tertiary alicyclic amines) is 1. The fraction of sp³-hybridized carbons (Fsp3) is 0.846. The van der Waals surface area contributed by atoms with Crippen molar-refractivity contribution in [3.8, 4) is 0 Å². The number of carbonyl (C=O) groups excluding carboxylic acids is 1. The molecule has 1 aromatic heterocycles. The standard InChI is InChI=1S/C26H44N4O/c31-26-25(15-17-29(26)16-14-22-10-6-2-1-3-7-11-22)28-19-24-18-27-21-30(24)20-23-12-8-4-5-9-13-23/h18,21-23,25,28H,1-17,19-20H2. The van der Waals surface area contributed by atoms with Crippen LogP contribution in [0, 0.1) is 11.8 Å². The Morgan fingerprint density at radius 3 is 2.23 bits per heavy atom. The minimum Gasteiger partial charge on any atom is -0.341 e. The summed E-state index contributed by atoms with van der Waals surface area (Å²) in [5.41, 5.74) is 1.23. The van der Waals surface area contributed by atoms with Crippen LogP contribution < -0.4 is 5.32 Å². The molecule has 2 aliphatic carbocycles. The summed E-state index contributed by atoms with van der Waals surface area (Å²) in [5, 5.41) is 3.56. The van der Waals surface area contributed by atoms with E-state index in [1.807, 2.05) is 12.5 Å². The molecule has 1 saturated heterocycles. The van der Waals surface area contributed by atoms with Crippen LogP contribution in [0.15, 0.2) is 12.5 Å². The van der Waals surface area contributed by atoms with Crippen molar-refractivity contribution in [1.82, 2.24) is 19.8 Å². The van der Waals surface area contributed by atoms with Crippen molar-refractivity contribution in [2.45, 2.75) is 115 Å². The molecule has 0 spiro atoms. The first-order chi connectivity index (χ1) is 15.3. The zero-order valence-corrected chi connectivity index (χ0v) is 19.6. The number of amides is 1. The Kier molecular flexibility index (Phi) is 8.86. The van der Waals surface area contributed by atoms with Crippen LogP contribution in [0.25, 0.3) is 0 Å². The smallest absolute Gasteiger partial charge is 0.239 e. The van der Waals surface area contributed by atoms with Crippen LogP contribution in [0.5, 0.6) is 0 Å². The van der Waals surface area contributed by atoms with Crippen molar-refractivity contribution in [2.24, 2.45) is 11.8 Å². The number of rotatable bonds is 8. The lowest BCUT2D eigenvalue weighted by atomic mass is 9.89. The minimum absolute atomic E-state index is 0.0152. The molecule has 0 aromatic carbocycles. The second kappa shape index (κ2) is 12.0. The average Bonchev–Trinajstić information content (AvgIpc) is 3.23. The fourth-order valence-corrected chi connectivity index (χ4v) is 6.03. The highest BCUT2D eigenvalue weighted by atomic mass is 16.2. The van der Waals surface area contributed by atoms with Gasteiger partial charge in [-0.05, 0) is 37.5 Å². The Morgan fingerprint density at radius 2 is 1.52 bits per heavy atom. The molecule has 1 atom stereocenters. The van der Waals surface area contributed by atoms with Crippen LogP contribution in [0.1, 0.15) is 102 Å². The van der Waals surface area contributed by atoms with Crippen molar-refractivity contribution in [3.63, 3.8) is 0 Å². The molecular formula is C26H44N4O. The number of nitrogens with one attached hydrogen (secondary N) is 1. The summed E-state index contributed by atoms with van der Waals surface area (Å²) in [6.45, 7) is 3.72. The van der Waals surface area contributed by atoms with Gasteiger partial charge in [0.15, 0.2) is 0 Å². The minimum atomic E-state index is -0.0152. The zero-order chi connectivity index (χ0) is 21.3. The molecule has 4 rings (SSSR count). The summed E-state index contributed by atoms with van der Waals surface area (Å²) in [5.74, 6) is 1.94. The first-order valence-corrected chi connectivity index (χ1v) is 13.3. The molecule has 3 fully saturated rings. The normalized spacial score (nSPS) is 24.8. The lowest BCUT2D eigenvalue weighted by Crippen LogP contribution is -2.39. The topological polar surface area (TPSA) is 50.2 Å². The Labute approximate surface area is 189 Å². The van der Waals surface area contributed by atoms with Crippen LogP contribution >= 0.6 is 0 Å². The quantitative estimate of drug-likeness (QED) is 0.572. The second-order valence-corrected chi connectivity index (χ2v) is 10.4. The third-order valence-electron chi connectivity index (χ3n) is 8.09. The Hall–Kier alpha value is -1.36. The molecule has 2 heterocycles. The van der Waals surface area contributed by atoms with Gasteiger partial charge in [-0.2, -0.15) is 0 Å². The summed E-state index contributed by atoms with van der Waals surface area (Å²) in [6.07, 6.45) is 24.1. The van der Waals surface area contributed by atoms with Gasteiger partial charge in [0.2, 0.25) is 5.91 Å². The number of imidazole rings is 1. The maximum absolute atomic E-state index is 12.9. The molecule has 1 aromatic rings. The van der Waals surface area contributed by atoms with Crippen LogP contribution in [0.4, 0.5) is 0 Å². The van der Waals surface area contributed by atoms with E-state index in [0.717, 1.165) is 44.4 Å². The molecular weight excluding hydrogens is 384 g/mol. The van der Waals surface area contributed by atoms with E-state index in [4.69, 9.17) is 0 Å². The van der Waals surface area contributed by atoms with E-state index in [2.05, 4.69) is 19.8 Å².